The third kappa shape index (κ3) is 6.24. The molecule has 1 aromatic rings. The van der Waals surface area contributed by atoms with Gasteiger partial charge >= 0.3 is 0 Å². The fourth-order valence-electron chi connectivity index (χ4n) is 3.63. The van der Waals surface area contributed by atoms with Crippen LogP contribution in [0.5, 0.6) is 0 Å². The molecule has 0 bridgehead atoms. The lowest BCUT2D eigenvalue weighted by atomic mass is 9.81. The second-order valence-electron chi connectivity index (χ2n) is 7.04. The summed E-state index contributed by atoms with van der Waals surface area (Å²) in [5.74, 6) is 0.136. The van der Waals surface area contributed by atoms with Crippen LogP contribution in [0.4, 0.5) is 11.4 Å². The lowest BCUT2D eigenvalue weighted by Gasteiger charge is -2.27. The third-order valence-corrected chi connectivity index (χ3v) is 5.34. The van der Waals surface area contributed by atoms with Crippen LogP contribution in [0.15, 0.2) is 24.3 Å². The van der Waals surface area contributed by atoms with Gasteiger partial charge in [-0.05, 0) is 63.8 Å². The molecule has 2 amide bonds. The van der Waals surface area contributed by atoms with Crippen LogP contribution in [0, 0.1) is 11.8 Å². The van der Waals surface area contributed by atoms with Crippen LogP contribution in [-0.2, 0) is 14.3 Å². The molecule has 150 valence electrons. The predicted molar refractivity (Wildman–Crippen MR) is 109 cm³/mol. The minimum absolute atomic E-state index is 0.0132. The Morgan fingerprint density at radius 1 is 1.00 bits per heavy atom. The van der Waals surface area contributed by atoms with Gasteiger partial charge in [-0.1, -0.05) is 0 Å². The summed E-state index contributed by atoms with van der Waals surface area (Å²) in [5.41, 5.74) is 1.99. The van der Waals surface area contributed by atoms with E-state index in [1.54, 1.807) is 7.11 Å². The minimum atomic E-state index is -0.0181. The first-order valence-electron chi connectivity index (χ1n) is 10.0. The van der Waals surface area contributed by atoms with Gasteiger partial charge in [-0.25, -0.2) is 0 Å². The molecular weight excluding hydrogens is 342 g/mol. The number of carbonyl (C=O) groups excluding carboxylic acids is 2. The molecule has 1 aliphatic carbocycles. The van der Waals surface area contributed by atoms with E-state index >= 15 is 0 Å². The molecular formula is C21H33N3O3. The summed E-state index contributed by atoms with van der Waals surface area (Å²) < 4.78 is 4.95. The van der Waals surface area contributed by atoms with Crippen molar-refractivity contribution >= 4 is 23.2 Å². The molecule has 1 aromatic carbocycles. The van der Waals surface area contributed by atoms with Crippen LogP contribution in [0.25, 0.3) is 0 Å². The first-order valence-corrected chi connectivity index (χ1v) is 10.0. The molecule has 1 fully saturated rings. The second-order valence-corrected chi connectivity index (χ2v) is 7.04. The number of methoxy groups -OCH3 is 1. The zero-order valence-electron chi connectivity index (χ0n) is 16.8. The van der Waals surface area contributed by atoms with E-state index in [1.165, 1.54) is 0 Å². The van der Waals surface area contributed by atoms with Gasteiger partial charge in [0, 0.05) is 50.0 Å². The van der Waals surface area contributed by atoms with Crippen LogP contribution in [-0.4, -0.2) is 45.2 Å². The molecule has 0 aliphatic heterocycles. The van der Waals surface area contributed by atoms with Crippen molar-refractivity contribution in [2.75, 3.05) is 43.6 Å². The fraction of sp³-hybridized carbons (Fsp3) is 0.619. The first kappa shape index (κ1) is 21.2. The van der Waals surface area contributed by atoms with Gasteiger partial charge < -0.3 is 20.3 Å². The van der Waals surface area contributed by atoms with Crippen LogP contribution >= 0.6 is 0 Å². The van der Waals surface area contributed by atoms with E-state index in [0.717, 1.165) is 50.1 Å². The van der Waals surface area contributed by atoms with Crippen molar-refractivity contribution in [1.82, 2.24) is 5.32 Å². The highest BCUT2D eigenvalue weighted by Gasteiger charge is 2.29. The number of benzene rings is 1. The fourth-order valence-corrected chi connectivity index (χ4v) is 3.63. The molecule has 27 heavy (non-hydrogen) atoms. The molecule has 0 spiro atoms. The van der Waals surface area contributed by atoms with Crippen molar-refractivity contribution in [1.29, 1.82) is 0 Å². The highest BCUT2D eigenvalue weighted by atomic mass is 16.5. The maximum Gasteiger partial charge on any atom is 0.227 e. The second kappa shape index (κ2) is 10.9. The lowest BCUT2D eigenvalue weighted by molar-refractivity contribution is -0.128. The van der Waals surface area contributed by atoms with Crippen LogP contribution in [0.3, 0.4) is 0 Å². The highest BCUT2D eigenvalue weighted by molar-refractivity contribution is 5.93. The third-order valence-electron chi connectivity index (χ3n) is 5.34. The van der Waals surface area contributed by atoms with Crippen molar-refractivity contribution in [3.05, 3.63) is 24.3 Å². The maximum absolute atomic E-state index is 12.5. The van der Waals surface area contributed by atoms with Gasteiger partial charge in [0.15, 0.2) is 0 Å². The van der Waals surface area contributed by atoms with Gasteiger partial charge in [0.05, 0.1) is 6.61 Å². The molecule has 2 N–H and O–H groups in total. The highest BCUT2D eigenvalue weighted by Crippen LogP contribution is 2.30. The van der Waals surface area contributed by atoms with E-state index in [-0.39, 0.29) is 23.7 Å². The molecule has 6 heteroatoms. The Labute approximate surface area is 162 Å². The topological polar surface area (TPSA) is 70.7 Å². The first-order chi connectivity index (χ1) is 13.1. The SMILES string of the molecule is CCN(CC)c1ccc(NC(=O)C2CCC(C(=O)NCCOC)CC2)cc1. The molecule has 0 saturated heterocycles. The number of anilines is 2. The standard InChI is InChI=1S/C21H33N3O3/c1-4-24(5-2)19-12-10-18(11-13-19)23-21(26)17-8-6-16(7-9-17)20(25)22-14-15-27-3/h10-13,16-17H,4-9,14-15H2,1-3H3,(H,22,25)(H,23,26). The molecule has 0 heterocycles. The Bertz CT molecular complexity index is 591. The van der Waals surface area contributed by atoms with E-state index in [1.807, 2.05) is 24.3 Å². The van der Waals surface area contributed by atoms with E-state index in [4.69, 9.17) is 4.74 Å². The largest absolute Gasteiger partial charge is 0.383 e. The number of hydrogen-bond donors (Lipinski definition) is 2. The molecule has 0 radical (unpaired) electrons. The van der Waals surface area contributed by atoms with E-state index in [2.05, 4.69) is 29.4 Å². The van der Waals surface area contributed by atoms with Gasteiger partial charge in [0.1, 0.15) is 0 Å². The Balaban J connectivity index is 1.79. The van der Waals surface area contributed by atoms with Crippen molar-refractivity contribution in [3.63, 3.8) is 0 Å². The summed E-state index contributed by atoms with van der Waals surface area (Å²) in [6.07, 6.45) is 3.03. The molecule has 0 unspecified atom stereocenters. The summed E-state index contributed by atoms with van der Waals surface area (Å²) >= 11 is 0. The van der Waals surface area contributed by atoms with Crippen molar-refractivity contribution in [2.45, 2.75) is 39.5 Å². The predicted octanol–water partition coefficient (Wildman–Crippen LogP) is 3.04. The van der Waals surface area contributed by atoms with Gasteiger partial charge in [0.2, 0.25) is 11.8 Å². The van der Waals surface area contributed by atoms with Crippen LogP contribution < -0.4 is 15.5 Å². The van der Waals surface area contributed by atoms with Crippen molar-refractivity contribution < 1.29 is 14.3 Å². The molecule has 0 atom stereocenters. The number of ether oxygens (including phenoxy) is 1. The zero-order valence-corrected chi connectivity index (χ0v) is 16.8. The number of nitrogens with zero attached hydrogens (tertiary/aromatic N) is 1. The maximum atomic E-state index is 12.5. The van der Waals surface area contributed by atoms with E-state index in [9.17, 15) is 9.59 Å². The van der Waals surface area contributed by atoms with Gasteiger partial charge in [-0.3, -0.25) is 9.59 Å². The molecule has 6 nitrogen and oxygen atoms in total. The quantitative estimate of drug-likeness (QED) is 0.651. The molecule has 1 saturated carbocycles. The van der Waals surface area contributed by atoms with Gasteiger partial charge in [-0.2, -0.15) is 0 Å². The van der Waals surface area contributed by atoms with E-state index < -0.39 is 0 Å². The Morgan fingerprint density at radius 3 is 2.07 bits per heavy atom. The monoisotopic (exact) mass is 375 g/mol. The van der Waals surface area contributed by atoms with Crippen LogP contribution in [0.2, 0.25) is 0 Å². The molecule has 2 rings (SSSR count). The lowest BCUT2D eigenvalue weighted by Crippen LogP contribution is -2.36. The minimum Gasteiger partial charge on any atom is -0.383 e. The summed E-state index contributed by atoms with van der Waals surface area (Å²) in [6.45, 7) is 7.26. The summed E-state index contributed by atoms with van der Waals surface area (Å²) in [7, 11) is 1.62. The Hall–Kier alpha value is -2.08. The van der Waals surface area contributed by atoms with E-state index in [0.29, 0.717) is 13.2 Å². The normalized spacial score (nSPS) is 19.4. The molecule has 0 aromatic heterocycles. The number of rotatable bonds is 9. The van der Waals surface area contributed by atoms with Gasteiger partial charge in [0.25, 0.3) is 0 Å². The number of hydrogen-bond acceptors (Lipinski definition) is 4. The number of amides is 2. The summed E-state index contributed by atoms with van der Waals surface area (Å²) in [4.78, 5) is 26.9. The average molecular weight is 376 g/mol. The molecule has 1 aliphatic rings. The van der Waals surface area contributed by atoms with Crippen LogP contribution in [0.1, 0.15) is 39.5 Å². The number of carbonyl (C=O) groups is 2. The average Bonchev–Trinajstić information content (AvgIpc) is 2.70. The van der Waals surface area contributed by atoms with Crippen molar-refractivity contribution in [3.8, 4) is 0 Å². The summed E-state index contributed by atoms with van der Waals surface area (Å²) in [5, 5.41) is 5.92. The Kier molecular flexibility index (Phi) is 8.58. The zero-order chi connectivity index (χ0) is 19.6. The van der Waals surface area contributed by atoms with Gasteiger partial charge in [-0.15, -0.1) is 0 Å². The number of nitrogens with one attached hydrogen (secondary N) is 2. The van der Waals surface area contributed by atoms with Crippen molar-refractivity contribution in [2.24, 2.45) is 11.8 Å². The smallest absolute Gasteiger partial charge is 0.227 e. The Morgan fingerprint density at radius 2 is 1.56 bits per heavy atom. The summed E-state index contributed by atoms with van der Waals surface area (Å²) in [6, 6.07) is 8.01.